The van der Waals surface area contributed by atoms with Crippen molar-refractivity contribution in [2.75, 3.05) is 20.3 Å². The normalized spacial score (nSPS) is 15.3. The maximum Gasteiger partial charge on any atom is 0.343 e. The summed E-state index contributed by atoms with van der Waals surface area (Å²) >= 11 is 0. The van der Waals surface area contributed by atoms with Gasteiger partial charge in [0.05, 0.1) is 6.61 Å². The lowest BCUT2D eigenvalue weighted by Crippen LogP contribution is -2.33. The molecule has 0 aliphatic heterocycles. The second-order valence-corrected chi connectivity index (χ2v) is 2.66. The van der Waals surface area contributed by atoms with Crippen molar-refractivity contribution >= 4 is 5.97 Å². The monoisotopic (exact) mass is 178 g/mol. The van der Waals surface area contributed by atoms with Crippen LogP contribution in [0.5, 0.6) is 0 Å². The van der Waals surface area contributed by atoms with Gasteiger partial charge in [0, 0.05) is 20.1 Å². The number of esters is 1. The van der Waals surface area contributed by atoms with Crippen LogP contribution in [-0.2, 0) is 14.3 Å². The lowest BCUT2D eigenvalue weighted by atomic mass is 10.1. The highest BCUT2D eigenvalue weighted by Gasteiger charge is 2.33. The van der Waals surface area contributed by atoms with Gasteiger partial charge < -0.3 is 9.47 Å². The van der Waals surface area contributed by atoms with Crippen LogP contribution >= 0.6 is 0 Å². The summed E-state index contributed by atoms with van der Waals surface area (Å²) in [5.74, 6) is -0.818. The van der Waals surface area contributed by atoms with Crippen LogP contribution in [0, 0.1) is 0 Å². The minimum atomic E-state index is -1.92. The molecule has 0 spiro atoms. The van der Waals surface area contributed by atoms with Crippen LogP contribution in [0.1, 0.15) is 20.3 Å². The Morgan fingerprint density at radius 3 is 2.58 bits per heavy atom. The molecule has 0 rings (SSSR count). The van der Waals surface area contributed by atoms with Crippen LogP contribution in [0.25, 0.3) is 0 Å². The molecule has 0 radical (unpaired) electrons. The van der Waals surface area contributed by atoms with Crippen molar-refractivity contribution in [2.45, 2.75) is 25.9 Å². The van der Waals surface area contributed by atoms with Gasteiger partial charge >= 0.3 is 5.97 Å². The lowest BCUT2D eigenvalue weighted by molar-refractivity contribution is -0.157. The van der Waals surface area contributed by atoms with Gasteiger partial charge in [-0.1, -0.05) is 0 Å². The number of ether oxygens (including phenoxy) is 2. The van der Waals surface area contributed by atoms with Gasteiger partial charge in [-0.25, -0.2) is 9.18 Å². The molecular formula is C8H15FO3. The summed E-state index contributed by atoms with van der Waals surface area (Å²) in [6.07, 6.45) is 0.0301. The molecule has 0 bridgehead atoms. The highest BCUT2D eigenvalue weighted by Crippen LogP contribution is 2.17. The Hall–Kier alpha value is -0.640. The minimum Gasteiger partial charge on any atom is -0.464 e. The molecule has 3 nitrogen and oxygen atoms in total. The van der Waals surface area contributed by atoms with Gasteiger partial charge in [0.2, 0.25) is 5.67 Å². The summed E-state index contributed by atoms with van der Waals surface area (Å²) in [6, 6.07) is 0. The number of methoxy groups -OCH3 is 1. The van der Waals surface area contributed by atoms with Crippen molar-refractivity contribution < 1.29 is 18.7 Å². The average Bonchev–Trinajstić information content (AvgIpc) is 2.01. The SMILES string of the molecule is CCOC(=O)C(C)(F)CCOC. The lowest BCUT2D eigenvalue weighted by Gasteiger charge is -2.17. The largest absolute Gasteiger partial charge is 0.464 e. The van der Waals surface area contributed by atoms with E-state index >= 15 is 0 Å². The molecule has 0 fully saturated rings. The van der Waals surface area contributed by atoms with Gasteiger partial charge in [0.25, 0.3) is 0 Å². The third kappa shape index (κ3) is 3.67. The second kappa shape index (κ2) is 5.09. The van der Waals surface area contributed by atoms with E-state index in [1.54, 1.807) is 6.92 Å². The molecule has 12 heavy (non-hydrogen) atoms. The second-order valence-electron chi connectivity index (χ2n) is 2.66. The zero-order chi connectivity index (χ0) is 9.61. The van der Waals surface area contributed by atoms with Crippen LogP contribution < -0.4 is 0 Å². The summed E-state index contributed by atoms with van der Waals surface area (Å²) in [7, 11) is 1.46. The molecule has 0 aliphatic rings. The molecule has 0 aliphatic carbocycles. The first-order chi connectivity index (χ1) is 5.54. The molecule has 4 heteroatoms. The van der Waals surface area contributed by atoms with Crippen LogP contribution in [0.2, 0.25) is 0 Å². The van der Waals surface area contributed by atoms with Gasteiger partial charge in [-0.05, 0) is 13.8 Å². The first-order valence-electron chi connectivity index (χ1n) is 3.89. The zero-order valence-electron chi connectivity index (χ0n) is 7.72. The Morgan fingerprint density at radius 2 is 2.17 bits per heavy atom. The van der Waals surface area contributed by atoms with E-state index in [1.165, 1.54) is 14.0 Å². The molecular weight excluding hydrogens is 163 g/mol. The van der Waals surface area contributed by atoms with Crippen molar-refractivity contribution in [1.29, 1.82) is 0 Å². The number of carbonyl (C=O) groups excluding carboxylic acids is 1. The predicted molar refractivity (Wildman–Crippen MR) is 42.6 cm³/mol. The van der Waals surface area contributed by atoms with Crippen LogP contribution in [0.3, 0.4) is 0 Å². The fourth-order valence-electron chi connectivity index (χ4n) is 0.677. The van der Waals surface area contributed by atoms with Gasteiger partial charge in [-0.15, -0.1) is 0 Å². The van der Waals surface area contributed by atoms with E-state index in [4.69, 9.17) is 0 Å². The number of carbonyl (C=O) groups is 1. The Kier molecular flexibility index (Phi) is 4.81. The van der Waals surface area contributed by atoms with Crippen molar-refractivity contribution in [3.8, 4) is 0 Å². The van der Waals surface area contributed by atoms with Crippen molar-refractivity contribution in [3.63, 3.8) is 0 Å². The summed E-state index contributed by atoms with van der Waals surface area (Å²) in [4.78, 5) is 10.9. The molecule has 0 aromatic rings. The fourth-order valence-corrected chi connectivity index (χ4v) is 0.677. The Balaban J connectivity index is 3.90. The molecule has 0 heterocycles. The van der Waals surface area contributed by atoms with Crippen molar-refractivity contribution in [2.24, 2.45) is 0 Å². The quantitative estimate of drug-likeness (QED) is 0.595. The first kappa shape index (κ1) is 11.4. The number of rotatable bonds is 5. The molecule has 0 amide bonds. The van der Waals surface area contributed by atoms with Gasteiger partial charge in [-0.3, -0.25) is 0 Å². The van der Waals surface area contributed by atoms with Crippen LogP contribution in [0.15, 0.2) is 0 Å². The van der Waals surface area contributed by atoms with Crippen LogP contribution in [0.4, 0.5) is 4.39 Å². The van der Waals surface area contributed by atoms with Gasteiger partial charge in [0.15, 0.2) is 0 Å². The third-order valence-corrected chi connectivity index (χ3v) is 1.48. The van der Waals surface area contributed by atoms with E-state index in [1.807, 2.05) is 0 Å². The summed E-state index contributed by atoms with van der Waals surface area (Å²) in [5.41, 5.74) is -1.92. The highest BCUT2D eigenvalue weighted by atomic mass is 19.1. The van der Waals surface area contributed by atoms with E-state index in [0.29, 0.717) is 0 Å². The number of halogens is 1. The zero-order valence-corrected chi connectivity index (χ0v) is 7.72. The maximum absolute atomic E-state index is 13.3. The Morgan fingerprint density at radius 1 is 1.58 bits per heavy atom. The topological polar surface area (TPSA) is 35.5 Å². The van der Waals surface area contributed by atoms with E-state index < -0.39 is 11.6 Å². The first-order valence-corrected chi connectivity index (χ1v) is 3.89. The highest BCUT2D eigenvalue weighted by molar-refractivity contribution is 5.78. The maximum atomic E-state index is 13.3. The average molecular weight is 178 g/mol. The third-order valence-electron chi connectivity index (χ3n) is 1.48. The van der Waals surface area contributed by atoms with E-state index in [0.717, 1.165) is 0 Å². The molecule has 0 aromatic heterocycles. The van der Waals surface area contributed by atoms with Gasteiger partial charge in [0.1, 0.15) is 0 Å². The summed E-state index contributed by atoms with van der Waals surface area (Å²) in [6.45, 7) is 3.26. The van der Waals surface area contributed by atoms with E-state index in [9.17, 15) is 9.18 Å². The van der Waals surface area contributed by atoms with Crippen molar-refractivity contribution in [3.05, 3.63) is 0 Å². The van der Waals surface area contributed by atoms with E-state index in [-0.39, 0.29) is 19.6 Å². The summed E-state index contributed by atoms with van der Waals surface area (Å²) < 4.78 is 22.5. The fraction of sp³-hybridized carbons (Fsp3) is 0.875. The summed E-state index contributed by atoms with van der Waals surface area (Å²) in [5, 5.41) is 0. The molecule has 1 atom stereocenters. The van der Waals surface area contributed by atoms with Gasteiger partial charge in [-0.2, -0.15) is 0 Å². The predicted octanol–water partition coefficient (Wildman–Crippen LogP) is 1.31. The molecule has 0 saturated carbocycles. The van der Waals surface area contributed by atoms with E-state index in [2.05, 4.69) is 9.47 Å². The number of hydrogen-bond donors (Lipinski definition) is 0. The molecule has 72 valence electrons. The van der Waals surface area contributed by atoms with Crippen LogP contribution in [-0.4, -0.2) is 32.0 Å². The molecule has 1 unspecified atom stereocenters. The molecule has 0 saturated heterocycles. The number of hydrogen-bond acceptors (Lipinski definition) is 3. The number of alkyl halides is 1. The molecule has 0 N–H and O–H groups in total. The molecule has 0 aromatic carbocycles. The smallest absolute Gasteiger partial charge is 0.343 e. The minimum absolute atomic E-state index is 0.0301. The van der Waals surface area contributed by atoms with Crippen molar-refractivity contribution in [1.82, 2.24) is 0 Å². The standard InChI is InChI=1S/C8H15FO3/c1-4-12-7(10)8(2,9)5-6-11-3/h4-6H2,1-3H3. The Labute approximate surface area is 71.8 Å². The Bertz CT molecular complexity index is 145.